The van der Waals surface area contributed by atoms with Crippen LogP contribution in [0.1, 0.15) is 41.8 Å². The Hall–Kier alpha value is -1.89. The molecule has 2 aromatic rings. The monoisotopic (exact) mass is 279 g/mol. The Balaban J connectivity index is 2.08. The van der Waals surface area contributed by atoms with Crippen LogP contribution in [0.5, 0.6) is 0 Å². The lowest BCUT2D eigenvalue weighted by molar-refractivity contribution is 0.0692. The molecule has 0 bridgehead atoms. The standard InChI is InChI=1S/C12H13N3O3S/c1-7(2)10-14-9(15-18-10)6-19-11-8(12(16)17)4-3-5-13-11/h3-5,7H,6H2,1-2H3,(H,16,17). The van der Waals surface area contributed by atoms with E-state index in [1.54, 1.807) is 12.3 Å². The molecule has 100 valence electrons. The maximum absolute atomic E-state index is 11.0. The van der Waals surface area contributed by atoms with E-state index < -0.39 is 5.97 Å². The molecule has 6 nitrogen and oxygen atoms in total. The molecule has 0 aliphatic carbocycles. The second-order valence-corrected chi connectivity index (χ2v) is 5.12. The van der Waals surface area contributed by atoms with E-state index in [0.29, 0.717) is 22.5 Å². The molecule has 0 aliphatic rings. The Bertz CT molecular complexity index is 583. The second kappa shape index (κ2) is 5.83. The van der Waals surface area contributed by atoms with Gasteiger partial charge in [0, 0.05) is 12.1 Å². The van der Waals surface area contributed by atoms with Gasteiger partial charge in [-0.25, -0.2) is 9.78 Å². The van der Waals surface area contributed by atoms with Crippen molar-refractivity contribution in [3.8, 4) is 0 Å². The summed E-state index contributed by atoms with van der Waals surface area (Å²) in [5.41, 5.74) is 0.181. The lowest BCUT2D eigenvalue weighted by Crippen LogP contribution is -2.00. The lowest BCUT2D eigenvalue weighted by atomic mass is 10.2. The molecule has 2 aromatic heterocycles. The van der Waals surface area contributed by atoms with Crippen LogP contribution in [-0.4, -0.2) is 26.2 Å². The zero-order valence-corrected chi connectivity index (χ0v) is 11.3. The predicted molar refractivity (Wildman–Crippen MR) is 69.1 cm³/mol. The third-order valence-corrected chi connectivity index (χ3v) is 3.32. The highest BCUT2D eigenvalue weighted by Gasteiger charge is 2.14. The van der Waals surface area contributed by atoms with Gasteiger partial charge in [0.15, 0.2) is 5.82 Å². The van der Waals surface area contributed by atoms with Crippen molar-refractivity contribution >= 4 is 17.7 Å². The molecule has 0 saturated carbocycles. The number of carboxylic acids is 1. The maximum atomic E-state index is 11.0. The molecule has 0 unspecified atom stereocenters. The molecule has 2 rings (SSSR count). The zero-order chi connectivity index (χ0) is 13.8. The fraction of sp³-hybridized carbons (Fsp3) is 0.333. The molecule has 0 amide bonds. The van der Waals surface area contributed by atoms with Crippen molar-refractivity contribution in [3.63, 3.8) is 0 Å². The number of nitrogens with zero attached hydrogens (tertiary/aromatic N) is 3. The molecule has 0 aromatic carbocycles. The van der Waals surface area contributed by atoms with Gasteiger partial charge in [-0.3, -0.25) is 0 Å². The van der Waals surface area contributed by atoms with Gasteiger partial charge in [0.25, 0.3) is 0 Å². The lowest BCUT2D eigenvalue weighted by Gasteiger charge is -2.01. The first-order valence-electron chi connectivity index (χ1n) is 5.71. The molecule has 0 saturated heterocycles. The summed E-state index contributed by atoms with van der Waals surface area (Å²) >= 11 is 1.28. The van der Waals surface area contributed by atoms with Gasteiger partial charge in [0.05, 0.1) is 11.3 Å². The number of aromatic nitrogens is 3. The van der Waals surface area contributed by atoms with Crippen LogP contribution in [0.4, 0.5) is 0 Å². The first kappa shape index (κ1) is 13.5. The minimum absolute atomic E-state index is 0.177. The second-order valence-electron chi connectivity index (χ2n) is 4.15. The van der Waals surface area contributed by atoms with E-state index in [9.17, 15) is 4.79 Å². The summed E-state index contributed by atoms with van der Waals surface area (Å²) < 4.78 is 5.08. The Morgan fingerprint density at radius 1 is 1.53 bits per heavy atom. The molecule has 0 aliphatic heterocycles. The van der Waals surface area contributed by atoms with Gasteiger partial charge in [-0.2, -0.15) is 4.98 Å². The van der Waals surface area contributed by atoms with Gasteiger partial charge in [0.1, 0.15) is 5.03 Å². The van der Waals surface area contributed by atoms with E-state index in [0.717, 1.165) is 0 Å². The van der Waals surface area contributed by atoms with E-state index in [4.69, 9.17) is 9.63 Å². The van der Waals surface area contributed by atoms with Crippen LogP contribution in [-0.2, 0) is 5.75 Å². The van der Waals surface area contributed by atoms with Crippen LogP contribution < -0.4 is 0 Å². The molecule has 19 heavy (non-hydrogen) atoms. The molecule has 1 N–H and O–H groups in total. The van der Waals surface area contributed by atoms with E-state index in [-0.39, 0.29) is 11.5 Å². The number of rotatable bonds is 5. The normalized spacial score (nSPS) is 10.9. The van der Waals surface area contributed by atoms with Gasteiger partial charge in [-0.15, -0.1) is 0 Å². The number of aromatic carboxylic acids is 1. The first-order chi connectivity index (χ1) is 9.08. The molecule has 0 fully saturated rings. The molecule has 0 spiro atoms. The molecular weight excluding hydrogens is 266 g/mol. The maximum Gasteiger partial charge on any atom is 0.338 e. The number of hydrogen-bond donors (Lipinski definition) is 1. The highest BCUT2D eigenvalue weighted by atomic mass is 32.2. The van der Waals surface area contributed by atoms with Gasteiger partial charge in [-0.1, -0.05) is 30.8 Å². The smallest absolute Gasteiger partial charge is 0.338 e. The fourth-order valence-corrected chi connectivity index (χ4v) is 2.19. The molecule has 0 atom stereocenters. The van der Waals surface area contributed by atoms with Crippen LogP contribution in [0.3, 0.4) is 0 Å². The van der Waals surface area contributed by atoms with Crippen molar-refractivity contribution < 1.29 is 14.4 Å². The van der Waals surface area contributed by atoms with Crippen LogP contribution in [0.25, 0.3) is 0 Å². The van der Waals surface area contributed by atoms with Crippen molar-refractivity contribution in [3.05, 3.63) is 35.6 Å². The predicted octanol–water partition coefficient (Wildman–Crippen LogP) is 2.58. The Morgan fingerprint density at radius 3 is 2.95 bits per heavy atom. The largest absolute Gasteiger partial charge is 0.478 e. The van der Waals surface area contributed by atoms with Crippen LogP contribution in [0.2, 0.25) is 0 Å². The summed E-state index contributed by atoms with van der Waals surface area (Å²) in [5, 5.41) is 13.3. The summed E-state index contributed by atoms with van der Waals surface area (Å²) in [4.78, 5) is 19.3. The van der Waals surface area contributed by atoms with Gasteiger partial charge < -0.3 is 9.63 Å². The number of carboxylic acid groups (broad SMARTS) is 1. The number of carbonyl (C=O) groups is 1. The molecule has 2 heterocycles. The third kappa shape index (κ3) is 3.31. The summed E-state index contributed by atoms with van der Waals surface area (Å²) in [5.74, 6) is 0.723. The molecule has 0 radical (unpaired) electrons. The molecular formula is C12H13N3O3S. The number of pyridine rings is 1. The Labute approximate surface area is 114 Å². The zero-order valence-electron chi connectivity index (χ0n) is 10.5. The average Bonchev–Trinajstić information content (AvgIpc) is 2.85. The quantitative estimate of drug-likeness (QED) is 0.841. The van der Waals surface area contributed by atoms with Crippen LogP contribution in [0, 0.1) is 0 Å². The third-order valence-electron chi connectivity index (χ3n) is 2.32. The summed E-state index contributed by atoms with van der Waals surface area (Å²) in [6.07, 6.45) is 1.56. The van der Waals surface area contributed by atoms with Crippen molar-refractivity contribution in [2.45, 2.75) is 30.5 Å². The van der Waals surface area contributed by atoms with Crippen molar-refractivity contribution in [2.75, 3.05) is 0 Å². The van der Waals surface area contributed by atoms with Gasteiger partial charge in [-0.05, 0) is 12.1 Å². The summed E-state index contributed by atoms with van der Waals surface area (Å²) in [7, 11) is 0. The van der Waals surface area contributed by atoms with Crippen molar-refractivity contribution in [2.24, 2.45) is 0 Å². The van der Waals surface area contributed by atoms with Crippen LogP contribution in [0.15, 0.2) is 27.9 Å². The topological polar surface area (TPSA) is 89.1 Å². The minimum atomic E-state index is -0.994. The number of hydrogen-bond acceptors (Lipinski definition) is 6. The van der Waals surface area contributed by atoms with Crippen LogP contribution >= 0.6 is 11.8 Å². The SMILES string of the molecule is CC(C)c1nc(CSc2ncccc2C(=O)O)no1. The fourth-order valence-electron chi connectivity index (χ4n) is 1.36. The molecule has 7 heteroatoms. The summed E-state index contributed by atoms with van der Waals surface area (Å²) in [6, 6.07) is 3.12. The van der Waals surface area contributed by atoms with E-state index >= 15 is 0 Å². The number of thioether (sulfide) groups is 1. The highest BCUT2D eigenvalue weighted by Crippen LogP contribution is 2.23. The summed E-state index contributed by atoms with van der Waals surface area (Å²) in [6.45, 7) is 3.93. The Morgan fingerprint density at radius 2 is 2.32 bits per heavy atom. The van der Waals surface area contributed by atoms with Gasteiger partial charge in [0.2, 0.25) is 5.89 Å². The Kier molecular flexibility index (Phi) is 4.16. The first-order valence-corrected chi connectivity index (χ1v) is 6.70. The highest BCUT2D eigenvalue weighted by molar-refractivity contribution is 7.98. The van der Waals surface area contributed by atoms with Crippen molar-refractivity contribution in [1.82, 2.24) is 15.1 Å². The minimum Gasteiger partial charge on any atom is -0.478 e. The van der Waals surface area contributed by atoms with Gasteiger partial charge >= 0.3 is 5.97 Å². The van der Waals surface area contributed by atoms with Crippen molar-refractivity contribution in [1.29, 1.82) is 0 Å². The average molecular weight is 279 g/mol. The van der Waals surface area contributed by atoms with E-state index in [1.165, 1.54) is 17.8 Å². The van der Waals surface area contributed by atoms with E-state index in [2.05, 4.69) is 15.1 Å². The van der Waals surface area contributed by atoms with E-state index in [1.807, 2.05) is 13.8 Å².